The molecule has 0 aliphatic heterocycles. The third-order valence-corrected chi connectivity index (χ3v) is 3.53. The van der Waals surface area contributed by atoms with Crippen LogP contribution in [0.25, 0.3) is 0 Å². The van der Waals surface area contributed by atoms with Crippen LogP contribution in [0.3, 0.4) is 0 Å². The summed E-state index contributed by atoms with van der Waals surface area (Å²) in [6, 6.07) is 11.3. The van der Waals surface area contributed by atoms with Gasteiger partial charge in [-0.3, -0.25) is 14.2 Å². The van der Waals surface area contributed by atoms with Crippen molar-refractivity contribution in [2.45, 2.75) is 19.4 Å². The number of carbonyl (C=O) groups excluding carboxylic acids is 1. The molecule has 2 rings (SSSR count). The molecule has 0 aliphatic carbocycles. The second kappa shape index (κ2) is 6.04. The van der Waals surface area contributed by atoms with Crippen molar-refractivity contribution in [3.63, 3.8) is 0 Å². The number of carbonyl (C=O) groups is 1. The standard InChI is InChI=1S/C16H14ClN3O2/c1-16(2,20-10-12(17)5-8-14(20)21)15(22)19-13-6-3-11(9-18)4-7-13/h3-8,10H,1-2H3,(H,19,22). The summed E-state index contributed by atoms with van der Waals surface area (Å²) >= 11 is 5.90. The van der Waals surface area contributed by atoms with Crippen LogP contribution in [0.2, 0.25) is 5.02 Å². The van der Waals surface area contributed by atoms with Gasteiger partial charge in [0.1, 0.15) is 5.54 Å². The number of pyridine rings is 1. The summed E-state index contributed by atoms with van der Waals surface area (Å²) in [5.41, 5.74) is -0.379. The van der Waals surface area contributed by atoms with E-state index < -0.39 is 5.54 Å². The molecule has 0 fully saturated rings. The zero-order valence-electron chi connectivity index (χ0n) is 12.1. The molecule has 5 nitrogen and oxygen atoms in total. The summed E-state index contributed by atoms with van der Waals surface area (Å²) in [7, 11) is 0. The summed E-state index contributed by atoms with van der Waals surface area (Å²) in [4.78, 5) is 24.4. The minimum atomic E-state index is -1.12. The Morgan fingerprint density at radius 2 is 1.86 bits per heavy atom. The van der Waals surface area contributed by atoms with Crippen LogP contribution in [-0.4, -0.2) is 10.5 Å². The number of aromatic nitrogens is 1. The van der Waals surface area contributed by atoms with Gasteiger partial charge in [-0.1, -0.05) is 11.6 Å². The maximum Gasteiger partial charge on any atom is 0.251 e. The summed E-state index contributed by atoms with van der Waals surface area (Å²) in [6.07, 6.45) is 1.43. The van der Waals surface area contributed by atoms with Gasteiger partial charge in [-0.25, -0.2) is 0 Å². The molecule has 1 aromatic heterocycles. The second-order valence-corrected chi connectivity index (χ2v) is 5.69. The molecule has 0 radical (unpaired) electrons. The van der Waals surface area contributed by atoms with Crippen LogP contribution >= 0.6 is 11.6 Å². The molecule has 1 heterocycles. The zero-order chi connectivity index (χ0) is 16.3. The molecular weight excluding hydrogens is 302 g/mol. The van der Waals surface area contributed by atoms with Crippen molar-refractivity contribution >= 4 is 23.2 Å². The molecular formula is C16H14ClN3O2. The molecule has 0 saturated carbocycles. The topological polar surface area (TPSA) is 74.9 Å². The first-order valence-electron chi connectivity index (χ1n) is 6.55. The van der Waals surface area contributed by atoms with E-state index in [2.05, 4.69) is 5.32 Å². The Balaban J connectivity index is 2.28. The van der Waals surface area contributed by atoms with E-state index in [1.54, 1.807) is 38.1 Å². The fourth-order valence-electron chi connectivity index (χ4n) is 1.92. The molecule has 0 saturated heterocycles. The van der Waals surface area contributed by atoms with E-state index in [1.807, 2.05) is 6.07 Å². The van der Waals surface area contributed by atoms with E-state index in [1.165, 1.54) is 22.9 Å². The van der Waals surface area contributed by atoms with Crippen LogP contribution in [0.5, 0.6) is 0 Å². The lowest BCUT2D eigenvalue weighted by Crippen LogP contribution is -2.45. The average Bonchev–Trinajstić information content (AvgIpc) is 2.50. The van der Waals surface area contributed by atoms with Gasteiger partial charge < -0.3 is 5.32 Å². The lowest BCUT2D eigenvalue weighted by molar-refractivity contribution is -0.123. The fraction of sp³-hybridized carbons (Fsp3) is 0.188. The third-order valence-electron chi connectivity index (χ3n) is 3.30. The van der Waals surface area contributed by atoms with Crippen LogP contribution in [-0.2, 0) is 10.3 Å². The molecule has 0 unspecified atom stereocenters. The fourth-order valence-corrected chi connectivity index (χ4v) is 2.08. The Morgan fingerprint density at radius 3 is 2.45 bits per heavy atom. The lowest BCUT2D eigenvalue weighted by atomic mass is 10.0. The molecule has 22 heavy (non-hydrogen) atoms. The van der Waals surface area contributed by atoms with Crippen molar-refractivity contribution < 1.29 is 4.79 Å². The van der Waals surface area contributed by atoms with Crippen molar-refractivity contribution in [2.24, 2.45) is 0 Å². The Kier molecular flexibility index (Phi) is 4.34. The molecule has 1 amide bonds. The first-order chi connectivity index (χ1) is 10.3. The lowest BCUT2D eigenvalue weighted by Gasteiger charge is -2.26. The van der Waals surface area contributed by atoms with Crippen LogP contribution in [0, 0.1) is 11.3 Å². The molecule has 6 heteroatoms. The van der Waals surface area contributed by atoms with Gasteiger partial charge in [0.05, 0.1) is 16.7 Å². The van der Waals surface area contributed by atoms with Crippen molar-refractivity contribution in [3.05, 3.63) is 63.5 Å². The van der Waals surface area contributed by atoms with Crippen LogP contribution in [0.15, 0.2) is 47.4 Å². The van der Waals surface area contributed by atoms with E-state index in [9.17, 15) is 9.59 Å². The normalized spacial score (nSPS) is 10.8. The molecule has 112 valence electrons. The first kappa shape index (κ1) is 15.8. The number of rotatable bonds is 3. The zero-order valence-corrected chi connectivity index (χ0v) is 12.9. The summed E-state index contributed by atoms with van der Waals surface area (Å²) < 4.78 is 1.29. The Bertz CT molecular complexity index is 801. The smallest absolute Gasteiger partial charge is 0.251 e. The highest BCUT2D eigenvalue weighted by atomic mass is 35.5. The van der Waals surface area contributed by atoms with Crippen molar-refractivity contribution in [1.82, 2.24) is 4.57 Å². The van der Waals surface area contributed by atoms with Crippen LogP contribution in [0.4, 0.5) is 5.69 Å². The maximum atomic E-state index is 12.5. The van der Waals surface area contributed by atoms with Gasteiger partial charge in [-0.05, 0) is 44.2 Å². The van der Waals surface area contributed by atoms with E-state index >= 15 is 0 Å². The Hall–Kier alpha value is -2.58. The number of amides is 1. The van der Waals surface area contributed by atoms with Gasteiger partial charge in [0, 0.05) is 18.0 Å². The van der Waals surface area contributed by atoms with Gasteiger partial charge >= 0.3 is 0 Å². The second-order valence-electron chi connectivity index (χ2n) is 5.26. The minimum Gasteiger partial charge on any atom is -0.324 e. The predicted octanol–water partition coefficient (Wildman–Crippen LogP) is 2.75. The largest absolute Gasteiger partial charge is 0.324 e. The quantitative estimate of drug-likeness (QED) is 0.946. The molecule has 0 spiro atoms. The van der Waals surface area contributed by atoms with Crippen molar-refractivity contribution in [1.29, 1.82) is 5.26 Å². The average molecular weight is 316 g/mol. The number of hydrogen-bond donors (Lipinski definition) is 1. The highest BCUT2D eigenvalue weighted by Gasteiger charge is 2.30. The summed E-state index contributed by atoms with van der Waals surface area (Å²) in [5, 5.41) is 11.9. The van der Waals surface area contributed by atoms with E-state index in [0.29, 0.717) is 16.3 Å². The van der Waals surface area contributed by atoms with Gasteiger partial charge in [0.2, 0.25) is 5.91 Å². The van der Waals surface area contributed by atoms with Crippen LogP contribution in [0.1, 0.15) is 19.4 Å². The Labute approximate surface area is 132 Å². The summed E-state index contributed by atoms with van der Waals surface area (Å²) in [6.45, 7) is 3.26. The first-order valence-corrected chi connectivity index (χ1v) is 6.92. The number of halogens is 1. The molecule has 0 atom stereocenters. The number of anilines is 1. The molecule has 0 bridgehead atoms. The van der Waals surface area contributed by atoms with Gasteiger partial charge in [0.15, 0.2) is 0 Å². The van der Waals surface area contributed by atoms with Gasteiger partial charge in [-0.15, -0.1) is 0 Å². The third kappa shape index (κ3) is 3.18. The summed E-state index contributed by atoms with van der Waals surface area (Å²) in [5.74, 6) is -0.360. The number of nitrogens with one attached hydrogen (secondary N) is 1. The highest BCUT2D eigenvalue weighted by molar-refractivity contribution is 6.30. The van der Waals surface area contributed by atoms with Crippen molar-refractivity contribution in [2.75, 3.05) is 5.32 Å². The number of benzene rings is 1. The molecule has 2 aromatic rings. The van der Waals surface area contributed by atoms with Gasteiger partial charge in [-0.2, -0.15) is 5.26 Å². The highest BCUT2D eigenvalue weighted by Crippen LogP contribution is 2.19. The monoisotopic (exact) mass is 315 g/mol. The number of nitrogens with zero attached hydrogens (tertiary/aromatic N) is 2. The number of hydrogen-bond acceptors (Lipinski definition) is 3. The maximum absolute atomic E-state index is 12.5. The molecule has 0 aliphatic rings. The van der Waals surface area contributed by atoms with E-state index in [0.717, 1.165) is 0 Å². The predicted molar refractivity (Wildman–Crippen MR) is 84.8 cm³/mol. The van der Waals surface area contributed by atoms with Crippen molar-refractivity contribution in [3.8, 4) is 6.07 Å². The van der Waals surface area contributed by atoms with Gasteiger partial charge in [0.25, 0.3) is 5.56 Å². The van der Waals surface area contributed by atoms with E-state index in [4.69, 9.17) is 16.9 Å². The number of nitriles is 1. The van der Waals surface area contributed by atoms with Crippen LogP contribution < -0.4 is 10.9 Å². The molecule has 1 N–H and O–H groups in total. The van der Waals surface area contributed by atoms with E-state index in [-0.39, 0.29) is 11.5 Å². The SMILES string of the molecule is CC(C)(C(=O)Nc1ccc(C#N)cc1)n1cc(Cl)ccc1=O. The molecule has 1 aromatic carbocycles. The Morgan fingerprint density at radius 1 is 1.23 bits per heavy atom. The minimum absolute atomic E-state index is 0.315.